The Morgan fingerprint density at radius 1 is 1.54 bits per heavy atom. The van der Waals surface area contributed by atoms with Gasteiger partial charge in [0.15, 0.2) is 0 Å². The molecule has 0 aromatic heterocycles. The van der Waals surface area contributed by atoms with Crippen LogP contribution in [0.3, 0.4) is 0 Å². The highest BCUT2D eigenvalue weighted by Crippen LogP contribution is 2.25. The lowest BCUT2D eigenvalue weighted by molar-refractivity contribution is -0.142. The third kappa shape index (κ3) is 4.48. The fraction of sp³-hybridized carbons (Fsp3) is 0.889. The molecular formula is C9H18ClNO2. The van der Waals surface area contributed by atoms with Gasteiger partial charge in [0.25, 0.3) is 0 Å². The first-order valence-corrected chi connectivity index (χ1v) is 4.54. The zero-order valence-corrected chi connectivity index (χ0v) is 8.81. The molecule has 1 aliphatic carbocycles. The van der Waals surface area contributed by atoms with Gasteiger partial charge in [0.1, 0.15) is 0 Å². The quantitative estimate of drug-likeness (QED) is 0.699. The van der Waals surface area contributed by atoms with Crippen molar-refractivity contribution in [2.75, 3.05) is 7.11 Å². The Balaban J connectivity index is 0.00000144. The van der Waals surface area contributed by atoms with Crippen LogP contribution >= 0.6 is 12.4 Å². The fourth-order valence-electron chi connectivity index (χ4n) is 1.84. The van der Waals surface area contributed by atoms with E-state index in [1.165, 1.54) is 7.11 Å². The van der Waals surface area contributed by atoms with Crippen molar-refractivity contribution < 1.29 is 9.53 Å². The lowest BCUT2D eigenvalue weighted by atomic mass is 9.84. The van der Waals surface area contributed by atoms with Gasteiger partial charge in [0.05, 0.1) is 7.11 Å². The van der Waals surface area contributed by atoms with Crippen molar-refractivity contribution in [2.45, 2.75) is 38.1 Å². The van der Waals surface area contributed by atoms with E-state index in [9.17, 15) is 4.79 Å². The third-order valence-electron chi connectivity index (χ3n) is 2.51. The number of nitrogens with two attached hydrogens (primary N) is 1. The summed E-state index contributed by atoms with van der Waals surface area (Å²) in [4.78, 5) is 10.9. The van der Waals surface area contributed by atoms with Gasteiger partial charge in [0, 0.05) is 12.5 Å². The second-order valence-electron chi connectivity index (χ2n) is 3.57. The van der Waals surface area contributed by atoms with Crippen molar-refractivity contribution in [3.8, 4) is 0 Å². The van der Waals surface area contributed by atoms with Crippen LogP contribution in [-0.2, 0) is 9.53 Å². The SMILES string of the molecule is COC(=O)CC1CCCC(N)C1.Cl. The molecule has 2 unspecified atom stereocenters. The van der Waals surface area contributed by atoms with Crippen LogP contribution in [0.25, 0.3) is 0 Å². The summed E-state index contributed by atoms with van der Waals surface area (Å²) >= 11 is 0. The summed E-state index contributed by atoms with van der Waals surface area (Å²) in [5.41, 5.74) is 5.79. The number of ether oxygens (including phenoxy) is 1. The molecule has 0 aromatic carbocycles. The lowest BCUT2D eigenvalue weighted by Gasteiger charge is -2.25. The normalized spacial score (nSPS) is 27.5. The molecule has 0 aliphatic heterocycles. The van der Waals surface area contributed by atoms with Crippen LogP contribution in [0.4, 0.5) is 0 Å². The van der Waals surface area contributed by atoms with E-state index in [1.54, 1.807) is 0 Å². The highest BCUT2D eigenvalue weighted by Gasteiger charge is 2.21. The van der Waals surface area contributed by atoms with E-state index in [0.29, 0.717) is 18.4 Å². The van der Waals surface area contributed by atoms with E-state index in [1.807, 2.05) is 0 Å². The first-order valence-electron chi connectivity index (χ1n) is 4.54. The Morgan fingerprint density at radius 2 is 2.23 bits per heavy atom. The Morgan fingerprint density at radius 3 is 2.77 bits per heavy atom. The second-order valence-corrected chi connectivity index (χ2v) is 3.57. The summed E-state index contributed by atoms with van der Waals surface area (Å²) < 4.78 is 4.61. The second kappa shape index (κ2) is 6.22. The van der Waals surface area contributed by atoms with Crippen LogP contribution in [-0.4, -0.2) is 19.1 Å². The molecule has 1 saturated carbocycles. The minimum absolute atomic E-state index is 0. The number of methoxy groups -OCH3 is 1. The first kappa shape index (κ1) is 12.7. The van der Waals surface area contributed by atoms with Gasteiger partial charge in [-0.2, -0.15) is 0 Å². The van der Waals surface area contributed by atoms with E-state index in [0.717, 1.165) is 25.7 Å². The van der Waals surface area contributed by atoms with Crippen LogP contribution in [0.2, 0.25) is 0 Å². The number of hydrogen-bond donors (Lipinski definition) is 1. The van der Waals surface area contributed by atoms with Gasteiger partial charge < -0.3 is 10.5 Å². The minimum Gasteiger partial charge on any atom is -0.469 e. The molecule has 0 radical (unpaired) electrons. The fourth-order valence-corrected chi connectivity index (χ4v) is 1.84. The molecule has 0 heterocycles. The molecule has 1 rings (SSSR count). The average Bonchev–Trinajstić information content (AvgIpc) is 2.04. The average molecular weight is 208 g/mol. The van der Waals surface area contributed by atoms with Crippen LogP contribution in [0.5, 0.6) is 0 Å². The van der Waals surface area contributed by atoms with Crippen molar-refractivity contribution in [1.82, 2.24) is 0 Å². The number of hydrogen-bond acceptors (Lipinski definition) is 3. The van der Waals surface area contributed by atoms with E-state index < -0.39 is 0 Å². The maximum atomic E-state index is 10.9. The number of carbonyl (C=O) groups excluding carboxylic acids is 1. The highest BCUT2D eigenvalue weighted by molar-refractivity contribution is 5.85. The molecule has 2 atom stereocenters. The number of carbonyl (C=O) groups is 1. The summed E-state index contributed by atoms with van der Waals surface area (Å²) in [6, 6.07) is 0.299. The molecule has 0 amide bonds. The number of esters is 1. The summed E-state index contributed by atoms with van der Waals surface area (Å²) in [6.07, 6.45) is 4.92. The van der Waals surface area contributed by atoms with Gasteiger partial charge in [-0.15, -0.1) is 12.4 Å². The molecule has 0 bridgehead atoms. The molecule has 1 aliphatic rings. The lowest BCUT2D eigenvalue weighted by Crippen LogP contribution is -2.29. The standard InChI is InChI=1S/C9H17NO2.ClH/c1-12-9(11)6-7-3-2-4-8(10)5-7;/h7-8H,2-6,10H2,1H3;1H. The molecule has 4 heteroatoms. The molecule has 13 heavy (non-hydrogen) atoms. The highest BCUT2D eigenvalue weighted by atomic mass is 35.5. The van der Waals surface area contributed by atoms with Gasteiger partial charge in [0.2, 0.25) is 0 Å². The van der Waals surface area contributed by atoms with Gasteiger partial charge >= 0.3 is 5.97 Å². The largest absolute Gasteiger partial charge is 0.469 e. The van der Waals surface area contributed by atoms with Crippen LogP contribution < -0.4 is 5.73 Å². The van der Waals surface area contributed by atoms with Gasteiger partial charge in [-0.25, -0.2) is 0 Å². The summed E-state index contributed by atoms with van der Waals surface area (Å²) in [5, 5.41) is 0. The van der Waals surface area contributed by atoms with Gasteiger partial charge in [-0.05, 0) is 25.2 Å². The Bertz CT molecular complexity index is 164. The summed E-state index contributed by atoms with van der Waals surface area (Å²) in [6.45, 7) is 0. The molecule has 3 nitrogen and oxygen atoms in total. The Kier molecular flexibility index (Phi) is 6.08. The van der Waals surface area contributed by atoms with Gasteiger partial charge in [-0.3, -0.25) is 4.79 Å². The topological polar surface area (TPSA) is 52.3 Å². The van der Waals surface area contributed by atoms with E-state index in [4.69, 9.17) is 5.73 Å². The molecule has 0 saturated heterocycles. The third-order valence-corrected chi connectivity index (χ3v) is 2.51. The van der Waals surface area contributed by atoms with Crippen LogP contribution in [0, 0.1) is 5.92 Å². The van der Waals surface area contributed by atoms with Gasteiger partial charge in [-0.1, -0.05) is 6.42 Å². The molecule has 1 fully saturated rings. The van der Waals surface area contributed by atoms with Crippen LogP contribution in [0.1, 0.15) is 32.1 Å². The van der Waals surface area contributed by atoms with E-state index >= 15 is 0 Å². The molecule has 78 valence electrons. The number of rotatable bonds is 2. The monoisotopic (exact) mass is 207 g/mol. The van der Waals surface area contributed by atoms with Crippen molar-refractivity contribution in [1.29, 1.82) is 0 Å². The predicted molar refractivity (Wildman–Crippen MR) is 53.8 cm³/mol. The van der Waals surface area contributed by atoms with Crippen molar-refractivity contribution >= 4 is 18.4 Å². The smallest absolute Gasteiger partial charge is 0.305 e. The first-order chi connectivity index (χ1) is 5.72. The maximum Gasteiger partial charge on any atom is 0.305 e. The van der Waals surface area contributed by atoms with Crippen molar-refractivity contribution in [3.63, 3.8) is 0 Å². The van der Waals surface area contributed by atoms with Crippen molar-refractivity contribution in [3.05, 3.63) is 0 Å². The zero-order valence-electron chi connectivity index (χ0n) is 7.99. The predicted octanol–water partition coefficient (Wildman–Crippen LogP) is 1.49. The van der Waals surface area contributed by atoms with E-state index in [2.05, 4.69) is 4.74 Å². The zero-order chi connectivity index (χ0) is 8.97. The van der Waals surface area contributed by atoms with Crippen molar-refractivity contribution in [2.24, 2.45) is 11.7 Å². The Hall–Kier alpha value is -0.280. The number of halogens is 1. The summed E-state index contributed by atoms with van der Waals surface area (Å²) in [5.74, 6) is 0.357. The summed E-state index contributed by atoms with van der Waals surface area (Å²) in [7, 11) is 1.44. The minimum atomic E-state index is -0.103. The molecule has 0 spiro atoms. The Labute approximate surface area is 85.4 Å². The molecule has 0 aromatic rings. The molecule has 2 N–H and O–H groups in total. The van der Waals surface area contributed by atoms with Crippen LogP contribution in [0.15, 0.2) is 0 Å². The molecular weight excluding hydrogens is 190 g/mol. The maximum absolute atomic E-state index is 10.9. The van der Waals surface area contributed by atoms with E-state index in [-0.39, 0.29) is 18.4 Å².